The van der Waals surface area contributed by atoms with E-state index in [0.29, 0.717) is 11.2 Å². The van der Waals surface area contributed by atoms with Crippen LogP contribution in [-0.2, 0) is 5.88 Å². The van der Waals surface area contributed by atoms with Gasteiger partial charge in [-0.15, -0.1) is 11.6 Å². The number of nitrogens with one attached hydrogen (secondary N) is 1. The number of H-pyrrole nitrogens is 1. The molecule has 2 rings (SSSR count). The molecule has 2 aromatic rings. The van der Waals surface area contributed by atoms with E-state index >= 15 is 0 Å². The van der Waals surface area contributed by atoms with Crippen molar-refractivity contribution in [1.29, 1.82) is 0 Å². The average molecular weight is 201 g/mol. The summed E-state index contributed by atoms with van der Waals surface area (Å²) in [5.74, 6) is 0.457. The number of aromatic amines is 1. The molecule has 62 valence electrons. The molecule has 0 fully saturated rings. The number of nitrogens with zero attached hydrogens (tertiary/aromatic N) is 1. The van der Waals surface area contributed by atoms with Crippen molar-refractivity contribution in [1.82, 2.24) is 9.97 Å². The smallest absolute Gasteiger partial charge is 0.201 e. The fourth-order valence-electron chi connectivity index (χ4n) is 1.17. The zero-order chi connectivity index (χ0) is 8.55. The predicted molar refractivity (Wildman–Crippen MR) is 50.7 cm³/mol. The van der Waals surface area contributed by atoms with Gasteiger partial charge in [0.25, 0.3) is 0 Å². The second kappa shape index (κ2) is 2.96. The number of rotatable bonds is 1. The first-order chi connectivity index (χ1) is 5.81. The van der Waals surface area contributed by atoms with E-state index in [9.17, 15) is 0 Å². The zero-order valence-electron chi connectivity index (χ0n) is 6.14. The zero-order valence-corrected chi connectivity index (χ0v) is 7.65. The predicted octanol–water partition coefficient (Wildman–Crippen LogP) is 2.96. The molecule has 0 bridgehead atoms. The van der Waals surface area contributed by atoms with Crippen molar-refractivity contribution in [2.24, 2.45) is 0 Å². The van der Waals surface area contributed by atoms with Gasteiger partial charge in [0.05, 0.1) is 11.0 Å². The Hall–Kier alpha value is -0.730. The van der Waals surface area contributed by atoms with Crippen LogP contribution in [-0.4, -0.2) is 9.97 Å². The van der Waals surface area contributed by atoms with Gasteiger partial charge in [-0.1, -0.05) is 12.1 Å². The van der Waals surface area contributed by atoms with Crippen LogP contribution in [0.2, 0.25) is 5.28 Å². The van der Waals surface area contributed by atoms with E-state index in [4.69, 9.17) is 23.2 Å². The summed E-state index contributed by atoms with van der Waals surface area (Å²) in [6.45, 7) is 0. The highest BCUT2D eigenvalue weighted by atomic mass is 35.5. The minimum atomic E-state index is 0.405. The molecule has 0 aliphatic carbocycles. The molecule has 1 aromatic carbocycles. The molecule has 0 radical (unpaired) electrons. The van der Waals surface area contributed by atoms with Crippen LogP contribution in [0.4, 0.5) is 0 Å². The van der Waals surface area contributed by atoms with E-state index in [-0.39, 0.29) is 0 Å². The van der Waals surface area contributed by atoms with Gasteiger partial charge in [-0.25, -0.2) is 4.98 Å². The van der Waals surface area contributed by atoms with Crippen LogP contribution in [0.1, 0.15) is 5.56 Å². The van der Waals surface area contributed by atoms with Crippen molar-refractivity contribution in [3.8, 4) is 0 Å². The first-order valence-corrected chi connectivity index (χ1v) is 4.41. The lowest BCUT2D eigenvalue weighted by Crippen LogP contribution is -1.79. The molecule has 1 N–H and O–H groups in total. The monoisotopic (exact) mass is 200 g/mol. The van der Waals surface area contributed by atoms with E-state index in [0.717, 1.165) is 16.6 Å². The Bertz CT molecular complexity index is 408. The fourth-order valence-corrected chi connectivity index (χ4v) is 1.57. The Kier molecular flexibility index (Phi) is 1.95. The first kappa shape index (κ1) is 7.90. The first-order valence-electron chi connectivity index (χ1n) is 3.50. The van der Waals surface area contributed by atoms with Gasteiger partial charge >= 0.3 is 0 Å². The summed E-state index contributed by atoms with van der Waals surface area (Å²) in [4.78, 5) is 7.04. The second-order valence-electron chi connectivity index (χ2n) is 2.47. The fraction of sp³-hybridized carbons (Fsp3) is 0.125. The van der Waals surface area contributed by atoms with Crippen LogP contribution in [0, 0.1) is 0 Å². The quantitative estimate of drug-likeness (QED) is 0.706. The van der Waals surface area contributed by atoms with E-state index < -0.39 is 0 Å². The number of alkyl halides is 1. The average Bonchev–Trinajstić information content (AvgIpc) is 2.44. The Morgan fingerprint density at radius 1 is 1.42 bits per heavy atom. The number of aromatic nitrogens is 2. The molecule has 12 heavy (non-hydrogen) atoms. The standard InChI is InChI=1S/C8H6Cl2N2/c9-4-5-2-1-3-6-7(5)12-8(10)11-6/h1-3H,4H2,(H,11,12). The van der Waals surface area contributed by atoms with Crippen molar-refractivity contribution < 1.29 is 0 Å². The molecule has 0 unspecified atom stereocenters. The third-order valence-electron chi connectivity index (χ3n) is 1.71. The van der Waals surface area contributed by atoms with E-state index in [1.807, 2.05) is 18.2 Å². The molecule has 0 atom stereocenters. The van der Waals surface area contributed by atoms with E-state index in [2.05, 4.69) is 9.97 Å². The highest BCUT2D eigenvalue weighted by Gasteiger charge is 2.03. The van der Waals surface area contributed by atoms with Gasteiger partial charge in [-0.05, 0) is 23.2 Å². The number of fused-ring (bicyclic) bond motifs is 1. The van der Waals surface area contributed by atoms with Crippen LogP contribution in [0.5, 0.6) is 0 Å². The third-order valence-corrected chi connectivity index (χ3v) is 2.18. The maximum Gasteiger partial charge on any atom is 0.201 e. The highest BCUT2D eigenvalue weighted by molar-refractivity contribution is 6.29. The van der Waals surface area contributed by atoms with Gasteiger partial charge in [0.15, 0.2) is 0 Å². The van der Waals surface area contributed by atoms with Gasteiger partial charge in [-0.3, -0.25) is 0 Å². The summed E-state index contributed by atoms with van der Waals surface area (Å²) in [7, 11) is 0. The normalized spacial score (nSPS) is 10.8. The van der Waals surface area contributed by atoms with Gasteiger partial charge in [0.2, 0.25) is 5.28 Å². The number of hydrogen-bond acceptors (Lipinski definition) is 1. The summed E-state index contributed by atoms with van der Waals surface area (Å²) < 4.78 is 0. The molecule has 4 heteroatoms. The van der Waals surface area contributed by atoms with E-state index in [1.165, 1.54) is 0 Å². The number of halogens is 2. The van der Waals surface area contributed by atoms with Crippen molar-refractivity contribution in [2.45, 2.75) is 5.88 Å². The lowest BCUT2D eigenvalue weighted by molar-refractivity contribution is 1.33. The summed E-state index contributed by atoms with van der Waals surface area (Å²) in [5, 5.41) is 0.405. The summed E-state index contributed by atoms with van der Waals surface area (Å²) in [6, 6.07) is 5.78. The highest BCUT2D eigenvalue weighted by Crippen LogP contribution is 2.19. The van der Waals surface area contributed by atoms with Gasteiger partial charge < -0.3 is 4.98 Å². The lowest BCUT2D eigenvalue weighted by atomic mass is 10.2. The van der Waals surface area contributed by atoms with Gasteiger partial charge in [0, 0.05) is 5.88 Å². The second-order valence-corrected chi connectivity index (χ2v) is 3.10. The molecule has 0 aliphatic rings. The molecule has 2 nitrogen and oxygen atoms in total. The number of imidazole rings is 1. The molecule has 0 spiro atoms. The third kappa shape index (κ3) is 1.17. The van der Waals surface area contributed by atoms with Crippen molar-refractivity contribution in [3.05, 3.63) is 29.0 Å². The SMILES string of the molecule is ClCc1cccc2[nH]c(Cl)nc12. The summed E-state index contributed by atoms with van der Waals surface area (Å²) in [6.07, 6.45) is 0. The molecular weight excluding hydrogens is 195 g/mol. The summed E-state index contributed by atoms with van der Waals surface area (Å²) in [5.41, 5.74) is 2.79. The minimum Gasteiger partial charge on any atom is -0.329 e. The van der Waals surface area contributed by atoms with Gasteiger partial charge in [-0.2, -0.15) is 0 Å². The Balaban J connectivity index is 2.78. The van der Waals surface area contributed by atoms with Gasteiger partial charge in [0.1, 0.15) is 0 Å². The molecular formula is C8H6Cl2N2. The van der Waals surface area contributed by atoms with Crippen molar-refractivity contribution >= 4 is 34.2 Å². The molecule has 1 aromatic heterocycles. The molecule has 0 saturated carbocycles. The van der Waals surface area contributed by atoms with Crippen LogP contribution >= 0.6 is 23.2 Å². The lowest BCUT2D eigenvalue weighted by Gasteiger charge is -1.93. The van der Waals surface area contributed by atoms with Crippen molar-refractivity contribution in [3.63, 3.8) is 0 Å². The molecule has 0 saturated heterocycles. The topological polar surface area (TPSA) is 28.7 Å². The van der Waals surface area contributed by atoms with Crippen LogP contribution in [0.15, 0.2) is 18.2 Å². The number of benzene rings is 1. The minimum absolute atomic E-state index is 0.405. The number of para-hydroxylation sites is 1. The number of hydrogen-bond donors (Lipinski definition) is 1. The van der Waals surface area contributed by atoms with Crippen molar-refractivity contribution in [2.75, 3.05) is 0 Å². The van der Waals surface area contributed by atoms with E-state index in [1.54, 1.807) is 0 Å². The molecule has 0 aliphatic heterocycles. The summed E-state index contributed by atoms with van der Waals surface area (Å²) >= 11 is 11.4. The van der Waals surface area contributed by atoms with Crippen LogP contribution in [0.3, 0.4) is 0 Å². The molecule has 1 heterocycles. The maximum absolute atomic E-state index is 5.72. The van der Waals surface area contributed by atoms with Crippen LogP contribution < -0.4 is 0 Å². The van der Waals surface area contributed by atoms with Crippen LogP contribution in [0.25, 0.3) is 11.0 Å². The Morgan fingerprint density at radius 3 is 3.00 bits per heavy atom. The Labute approximate surface area is 79.5 Å². The molecule has 0 amide bonds. The largest absolute Gasteiger partial charge is 0.329 e. The Morgan fingerprint density at radius 2 is 2.25 bits per heavy atom. The maximum atomic E-state index is 5.72.